The van der Waals surface area contributed by atoms with E-state index in [4.69, 9.17) is 4.98 Å². The van der Waals surface area contributed by atoms with Crippen LogP contribution in [0.2, 0.25) is 0 Å². The molecule has 0 bridgehead atoms. The molecule has 0 saturated carbocycles. The second-order valence-corrected chi connectivity index (χ2v) is 6.77. The van der Waals surface area contributed by atoms with E-state index in [2.05, 4.69) is 51.2 Å². The van der Waals surface area contributed by atoms with E-state index in [9.17, 15) is 4.79 Å². The Hall–Kier alpha value is -2.40. The van der Waals surface area contributed by atoms with Crippen molar-refractivity contribution in [2.24, 2.45) is 0 Å². The lowest BCUT2D eigenvalue weighted by molar-refractivity contribution is 0.283. The van der Waals surface area contributed by atoms with Crippen LogP contribution in [-0.4, -0.2) is 47.6 Å². The topological polar surface area (TPSA) is 52.2 Å². The van der Waals surface area contributed by atoms with Gasteiger partial charge in [0, 0.05) is 38.3 Å². The number of aromatic amines is 1. The average Bonchev–Trinajstić information content (AvgIpc) is 3.12. The summed E-state index contributed by atoms with van der Waals surface area (Å²) in [4.78, 5) is 24.5. The molecule has 1 aromatic carbocycles. The van der Waals surface area contributed by atoms with Crippen LogP contribution in [0.25, 0.3) is 6.08 Å². The highest BCUT2D eigenvalue weighted by molar-refractivity contribution is 5.48. The van der Waals surface area contributed by atoms with E-state index in [0.717, 1.165) is 69.2 Å². The standard InChI is InChI=1S/C20H24N4O/c25-19-17-9-4-10-18(17)21-20(22-19)24-14-12-23(13-15-24)11-5-8-16-6-2-1-3-7-16/h1-3,5-8H,4,9-15H2,(H,21,22,25)/b8-5+. The van der Waals surface area contributed by atoms with Crippen LogP contribution in [0.3, 0.4) is 0 Å². The molecule has 2 heterocycles. The number of aryl methyl sites for hydroxylation is 1. The van der Waals surface area contributed by atoms with Crippen LogP contribution in [0.5, 0.6) is 0 Å². The van der Waals surface area contributed by atoms with E-state index in [1.807, 2.05) is 6.07 Å². The predicted molar refractivity (Wildman–Crippen MR) is 101 cm³/mol. The summed E-state index contributed by atoms with van der Waals surface area (Å²) in [5.74, 6) is 0.755. The van der Waals surface area contributed by atoms with Gasteiger partial charge in [0.05, 0.1) is 5.69 Å². The molecule has 5 heteroatoms. The van der Waals surface area contributed by atoms with Gasteiger partial charge in [-0.25, -0.2) is 4.98 Å². The minimum absolute atomic E-state index is 0.0609. The maximum atomic E-state index is 12.2. The van der Waals surface area contributed by atoms with Crippen molar-refractivity contribution in [3.8, 4) is 0 Å². The second kappa shape index (κ2) is 7.23. The van der Waals surface area contributed by atoms with Crippen LogP contribution in [0, 0.1) is 0 Å². The van der Waals surface area contributed by atoms with Crippen molar-refractivity contribution < 1.29 is 0 Å². The predicted octanol–water partition coefficient (Wildman–Crippen LogP) is 2.09. The van der Waals surface area contributed by atoms with E-state index in [1.165, 1.54) is 5.56 Å². The van der Waals surface area contributed by atoms with Crippen molar-refractivity contribution >= 4 is 12.0 Å². The second-order valence-electron chi connectivity index (χ2n) is 6.77. The summed E-state index contributed by atoms with van der Waals surface area (Å²) < 4.78 is 0. The third-order valence-corrected chi connectivity index (χ3v) is 5.07. The molecular weight excluding hydrogens is 312 g/mol. The van der Waals surface area contributed by atoms with Gasteiger partial charge in [-0.1, -0.05) is 42.5 Å². The number of nitrogens with zero attached hydrogens (tertiary/aromatic N) is 3. The Labute approximate surface area is 148 Å². The van der Waals surface area contributed by atoms with Gasteiger partial charge >= 0.3 is 0 Å². The summed E-state index contributed by atoms with van der Waals surface area (Å²) in [6.45, 7) is 4.73. The lowest BCUT2D eigenvalue weighted by atomic mass is 10.2. The van der Waals surface area contributed by atoms with Crippen molar-refractivity contribution in [1.82, 2.24) is 14.9 Å². The summed E-state index contributed by atoms with van der Waals surface area (Å²) in [5.41, 5.74) is 3.20. The fourth-order valence-corrected chi connectivity index (χ4v) is 3.62. The number of aromatic nitrogens is 2. The Morgan fingerprint density at radius 2 is 1.88 bits per heavy atom. The van der Waals surface area contributed by atoms with Crippen molar-refractivity contribution in [2.45, 2.75) is 19.3 Å². The number of H-pyrrole nitrogens is 1. The Balaban J connectivity index is 1.33. The molecule has 0 radical (unpaired) electrons. The first-order valence-corrected chi connectivity index (χ1v) is 9.10. The van der Waals surface area contributed by atoms with E-state index < -0.39 is 0 Å². The van der Waals surface area contributed by atoms with Gasteiger partial charge in [-0.2, -0.15) is 0 Å². The van der Waals surface area contributed by atoms with Gasteiger partial charge in [0.15, 0.2) is 0 Å². The Kier molecular flexibility index (Phi) is 4.65. The lowest BCUT2D eigenvalue weighted by Crippen LogP contribution is -2.47. The van der Waals surface area contributed by atoms with Crippen molar-refractivity contribution in [1.29, 1.82) is 0 Å². The molecule has 0 atom stereocenters. The monoisotopic (exact) mass is 336 g/mol. The fourth-order valence-electron chi connectivity index (χ4n) is 3.62. The maximum Gasteiger partial charge on any atom is 0.255 e. The molecule has 1 aliphatic heterocycles. The van der Waals surface area contributed by atoms with E-state index in [0.29, 0.717) is 0 Å². The van der Waals surface area contributed by atoms with Crippen LogP contribution in [0.15, 0.2) is 41.2 Å². The van der Waals surface area contributed by atoms with Gasteiger partial charge in [0.1, 0.15) is 0 Å². The van der Waals surface area contributed by atoms with Gasteiger partial charge in [0.2, 0.25) is 5.95 Å². The van der Waals surface area contributed by atoms with Crippen LogP contribution >= 0.6 is 0 Å². The first-order valence-electron chi connectivity index (χ1n) is 9.10. The van der Waals surface area contributed by atoms with Gasteiger partial charge in [-0.05, 0) is 24.8 Å². The van der Waals surface area contributed by atoms with Crippen LogP contribution < -0.4 is 10.5 Å². The molecule has 1 N–H and O–H groups in total. The molecule has 1 aromatic heterocycles. The quantitative estimate of drug-likeness (QED) is 0.929. The van der Waals surface area contributed by atoms with E-state index in [1.54, 1.807) is 0 Å². The molecule has 1 fully saturated rings. The van der Waals surface area contributed by atoms with Gasteiger partial charge < -0.3 is 4.90 Å². The molecule has 1 saturated heterocycles. The molecule has 25 heavy (non-hydrogen) atoms. The maximum absolute atomic E-state index is 12.2. The minimum atomic E-state index is 0.0609. The first-order chi connectivity index (χ1) is 12.3. The Morgan fingerprint density at radius 1 is 1.08 bits per heavy atom. The number of hydrogen-bond donors (Lipinski definition) is 1. The van der Waals surface area contributed by atoms with Gasteiger partial charge in [0.25, 0.3) is 5.56 Å². The Morgan fingerprint density at radius 3 is 2.68 bits per heavy atom. The van der Waals surface area contributed by atoms with Crippen LogP contribution in [0.1, 0.15) is 23.2 Å². The first kappa shape index (κ1) is 16.1. The van der Waals surface area contributed by atoms with Crippen molar-refractivity contribution in [3.05, 3.63) is 63.6 Å². The fraction of sp³-hybridized carbons (Fsp3) is 0.400. The normalized spacial score (nSPS) is 18.0. The number of piperazine rings is 1. The molecule has 2 aliphatic rings. The largest absolute Gasteiger partial charge is 0.340 e. The number of fused-ring (bicyclic) bond motifs is 1. The van der Waals surface area contributed by atoms with Crippen LogP contribution in [-0.2, 0) is 12.8 Å². The van der Waals surface area contributed by atoms with Gasteiger partial charge in [-0.3, -0.25) is 14.7 Å². The van der Waals surface area contributed by atoms with Crippen molar-refractivity contribution in [3.63, 3.8) is 0 Å². The zero-order chi connectivity index (χ0) is 17.1. The number of nitrogens with one attached hydrogen (secondary N) is 1. The minimum Gasteiger partial charge on any atom is -0.340 e. The summed E-state index contributed by atoms with van der Waals surface area (Å²) >= 11 is 0. The third kappa shape index (κ3) is 3.66. The highest BCUT2D eigenvalue weighted by Crippen LogP contribution is 2.19. The molecule has 1 aliphatic carbocycles. The third-order valence-electron chi connectivity index (χ3n) is 5.07. The lowest BCUT2D eigenvalue weighted by Gasteiger charge is -2.34. The van der Waals surface area contributed by atoms with Gasteiger partial charge in [-0.15, -0.1) is 0 Å². The SMILES string of the molecule is O=c1[nH]c(N2CCN(C/C=C/c3ccccc3)CC2)nc2c1CCC2. The van der Waals surface area contributed by atoms with Crippen molar-refractivity contribution in [2.75, 3.05) is 37.6 Å². The van der Waals surface area contributed by atoms with E-state index in [-0.39, 0.29) is 5.56 Å². The molecule has 0 spiro atoms. The highest BCUT2D eigenvalue weighted by Gasteiger charge is 2.22. The number of hydrogen-bond acceptors (Lipinski definition) is 4. The molecular formula is C20H24N4O. The summed E-state index contributed by atoms with van der Waals surface area (Å²) in [7, 11) is 0. The molecule has 2 aromatic rings. The summed E-state index contributed by atoms with van der Waals surface area (Å²) in [6, 6.07) is 10.4. The smallest absolute Gasteiger partial charge is 0.255 e. The Bertz CT molecular complexity index is 804. The molecule has 130 valence electrons. The molecule has 0 unspecified atom stereocenters. The average molecular weight is 336 g/mol. The highest BCUT2D eigenvalue weighted by atomic mass is 16.1. The summed E-state index contributed by atoms with van der Waals surface area (Å²) in [5, 5.41) is 0. The number of benzene rings is 1. The van der Waals surface area contributed by atoms with Crippen LogP contribution in [0.4, 0.5) is 5.95 Å². The number of rotatable bonds is 4. The molecule has 0 amide bonds. The zero-order valence-electron chi connectivity index (χ0n) is 14.4. The molecule has 4 rings (SSSR count). The number of anilines is 1. The zero-order valence-corrected chi connectivity index (χ0v) is 14.4. The molecule has 5 nitrogen and oxygen atoms in total. The summed E-state index contributed by atoms with van der Waals surface area (Å²) in [6.07, 6.45) is 7.26. The van der Waals surface area contributed by atoms with E-state index >= 15 is 0 Å².